The van der Waals surface area contributed by atoms with Gasteiger partial charge < -0.3 is 14.1 Å². The predicted molar refractivity (Wildman–Crippen MR) is 113 cm³/mol. The zero-order valence-corrected chi connectivity index (χ0v) is 18.1. The molecule has 0 aliphatic rings. The maximum Gasteiger partial charge on any atom is 0.277 e. The fourth-order valence-electron chi connectivity index (χ4n) is 3.44. The lowest BCUT2D eigenvalue weighted by atomic mass is 10.2. The number of nitrogens with one attached hydrogen (secondary N) is 1. The second kappa shape index (κ2) is 7.44. The number of rotatable bonds is 6. The van der Waals surface area contributed by atoms with Crippen molar-refractivity contribution in [1.82, 2.24) is 19.7 Å². The summed E-state index contributed by atoms with van der Waals surface area (Å²) in [4.78, 5) is 19.8. The van der Waals surface area contributed by atoms with Crippen LogP contribution in [0.2, 0.25) is 0 Å². The number of hydrogen-bond acceptors (Lipinski definition) is 7. The highest BCUT2D eigenvalue weighted by Crippen LogP contribution is 2.37. The first-order valence-electron chi connectivity index (χ1n) is 9.34. The van der Waals surface area contributed by atoms with E-state index in [0.717, 1.165) is 6.42 Å². The molecule has 3 aromatic heterocycles. The van der Waals surface area contributed by atoms with Crippen LogP contribution >= 0.6 is 10.7 Å². The Bertz CT molecular complexity index is 1430. The normalized spacial score (nSPS) is 12.1. The Morgan fingerprint density at radius 2 is 2.07 bits per heavy atom. The van der Waals surface area contributed by atoms with Crippen LogP contribution in [-0.2, 0) is 22.5 Å². The number of benzene rings is 1. The van der Waals surface area contributed by atoms with Gasteiger partial charge in [0.1, 0.15) is 5.52 Å². The molecular weight excluding hydrogens is 432 g/mol. The summed E-state index contributed by atoms with van der Waals surface area (Å²) in [6, 6.07) is 4.32. The van der Waals surface area contributed by atoms with Crippen LogP contribution in [0.25, 0.3) is 33.6 Å². The Labute approximate surface area is 176 Å². The van der Waals surface area contributed by atoms with Crippen LogP contribution in [-0.4, -0.2) is 34.8 Å². The highest BCUT2D eigenvalue weighted by Gasteiger charge is 2.23. The number of ether oxygens (including phenoxy) is 1. The van der Waals surface area contributed by atoms with Gasteiger partial charge >= 0.3 is 0 Å². The Morgan fingerprint density at radius 1 is 1.30 bits per heavy atom. The smallest absolute Gasteiger partial charge is 0.277 e. The molecule has 0 aliphatic carbocycles. The molecule has 158 valence electrons. The summed E-state index contributed by atoms with van der Waals surface area (Å²) in [6.45, 7) is 4.17. The van der Waals surface area contributed by atoms with Gasteiger partial charge in [-0.3, -0.25) is 9.48 Å². The molecule has 1 aromatic carbocycles. The standard InChI is InChI=1S/C19H19ClN4O5S/c1-4-6-11-15-16(24(3)23-11)19(25)22-18(21-15)13-9-10-14(30(20,26)27)8-7-12(28-5-2)17(10)29-13/h7-9H,4-6H2,1-3H3,(H,21,22,25). The fourth-order valence-corrected chi connectivity index (χ4v) is 4.49. The summed E-state index contributed by atoms with van der Waals surface area (Å²) in [6.07, 6.45) is 1.51. The number of halogens is 1. The van der Waals surface area contributed by atoms with Gasteiger partial charge in [0.15, 0.2) is 28.4 Å². The topological polar surface area (TPSA) is 120 Å². The van der Waals surface area contributed by atoms with E-state index in [2.05, 4.69) is 15.1 Å². The number of H-pyrrole nitrogens is 1. The van der Waals surface area contributed by atoms with E-state index in [1.54, 1.807) is 14.0 Å². The second-order valence-corrected chi connectivity index (χ2v) is 9.25. The first-order valence-corrected chi connectivity index (χ1v) is 11.7. The van der Waals surface area contributed by atoms with Crippen molar-refractivity contribution in [3.05, 3.63) is 34.2 Å². The quantitative estimate of drug-likeness (QED) is 0.447. The van der Waals surface area contributed by atoms with E-state index >= 15 is 0 Å². The molecule has 11 heteroatoms. The van der Waals surface area contributed by atoms with Crippen LogP contribution in [0.4, 0.5) is 0 Å². The van der Waals surface area contributed by atoms with Crippen LogP contribution in [0.1, 0.15) is 26.0 Å². The minimum absolute atomic E-state index is 0.117. The fraction of sp³-hybridized carbons (Fsp3) is 0.316. The molecule has 0 saturated heterocycles. The molecule has 0 unspecified atom stereocenters. The molecule has 3 heterocycles. The maximum absolute atomic E-state index is 12.7. The third-order valence-corrected chi connectivity index (χ3v) is 6.03. The zero-order chi connectivity index (χ0) is 21.6. The molecule has 0 amide bonds. The summed E-state index contributed by atoms with van der Waals surface area (Å²) >= 11 is 0. The lowest BCUT2D eigenvalue weighted by molar-refractivity contribution is 0.338. The molecule has 9 nitrogen and oxygen atoms in total. The number of aromatic nitrogens is 4. The highest BCUT2D eigenvalue weighted by atomic mass is 35.7. The molecule has 0 aliphatic heterocycles. The third-order valence-electron chi connectivity index (χ3n) is 4.65. The molecule has 0 spiro atoms. The average molecular weight is 451 g/mol. The van der Waals surface area contributed by atoms with Gasteiger partial charge in [-0.15, -0.1) is 0 Å². The van der Waals surface area contributed by atoms with E-state index < -0.39 is 9.05 Å². The van der Waals surface area contributed by atoms with E-state index in [-0.39, 0.29) is 33.0 Å². The molecule has 0 atom stereocenters. The van der Waals surface area contributed by atoms with Crippen molar-refractivity contribution in [3.8, 4) is 17.3 Å². The van der Waals surface area contributed by atoms with Gasteiger partial charge in [-0.1, -0.05) is 13.3 Å². The first kappa shape index (κ1) is 20.4. The number of nitrogens with zero attached hydrogens (tertiary/aromatic N) is 3. The molecule has 0 radical (unpaired) electrons. The molecule has 0 saturated carbocycles. The predicted octanol–water partition coefficient (Wildman–Crippen LogP) is 3.35. The largest absolute Gasteiger partial charge is 0.490 e. The van der Waals surface area contributed by atoms with Crippen molar-refractivity contribution in [3.63, 3.8) is 0 Å². The van der Waals surface area contributed by atoms with Gasteiger partial charge in [0, 0.05) is 23.1 Å². The Kier molecular flexibility index (Phi) is 5.07. The summed E-state index contributed by atoms with van der Waals surface area (Å²) in [5.41, 5.74) is 1.38. The van der Waals surface area contributed by atoms with Crippen molar-refractivity contribution < 1.29 is 17.6 Å². The van der Waals surface area contributed by atoms with E-state index in [4.69, 9.17) is 19.8 Å². The van der Waals surface area contributed by atoms with Gasteiger partial charge in [-0.05, 0) is 31.5 Å². The van der Waals surface area contributed by atoms with Crippen LogP contribution in [0, 0.1) is 0 Å². The van der Waals surface area contributed by atoms with Gasteiger partial charge in [-0.25, -0.2) is 13.4 Å². The van der Waals surface area contributed by atoms with Crippen LogP contribution in [0.15, 0.2) is 32.3 Å². The Morgan fingerprint density at radius 3 is 2.73 bits per heavy atom. The van der Waals surface area contributed by atoms with Crippen molar-refractivity contribution in [1.29, 1.82) is 0 Å². The number of aromatic amines is 1. The van der Waals surface area contributed by atoms with E-state index in [1.165, 1.54) is 22.9 Å². The molecule has 4 rings (SSSR count). The molecular formula is C19H19ClN4O5S. The van der Waals surface area contributed by atoms with E-state index in [1.807, 2.05) is 6.92 Å². The number of fused-ring (bicyclic) bond motifs is 2. The third kappa shape index (κ3) is 3.35. The van der Waals surface area contributed by atoms with Crippen LogP contribution < -0.4 is 10.3 Å². The summed E-state index contributed by atoms with van der Waals surface area (Å²) in [5.74, 6) is 0.706. The number of furan rings is 1. The van der Waals surface area contributed by atoms with Crippen LogP contribution in [0.3, 0.4) is 0 Å². The maximum atomic E-state index is 12.7. The molecule has 30 heavy (non-hydrogen) atoms. The highest BCUT2D eigenvalue weighted by molar-refractivity contribution is 8.14. The second-order valence-electron chi connectivity index (χ2n) is 6.72. The van der Waals surface area contributed by atoms with E-state index in [0.29, 0.717) is 35.5 Å². The van der Waals surface area contributed by atoms with Gasteiger partial charge in [0.2, 0.25) is 0 Å². The van der Waals surface area contributed by atoms with Gasteiger partial charge in [-0.2, -0.15) is 5.10 Å². The summed E-state index contributed by atoms with van der Waals surface area (Å²) in [7, 11) is 3.24. The minimum atomic E-state index is -4.03. The average Bonchev–Trinajstić information content (AvgIpc) is 3.24. The molecule has 0 fully saturated rings. The van der Waals surface area contributed by atoms with E-state index in [9.17, 15) is 13.2 Å². The minimum Gasteiger partial charge on any atom is -0.490 e. The van der Waals surface area contributed by atoms with Gasteiger partial charge in [0.25, 0.3) is 14.6 Å². The molecule has 0 bridgehead atoms. The van der Waals surface area contributed by atoms with Crippen LogP contribution in [0.5, 0.6) is 5.75 Å². The zero-order valence-electron chi connectivity index (χ0n) is 16.5. The SMILES string of the molecule is CCCc1nn(C)c2c(=O)[nH]c(-c3cc4c(S(=O)(=O)Cl)ccc(OCC)c4o3)nc12. The summed E-state index contributed by atoms with van der Waals surface area (Å²) in [5, 5.41) is 4.63. The molecule has 1 N–H and O–H groups in total. The summed E-state index contributed by atoms with van der Waals surface area (Å²) < 4.78 is 36.9. The Balaban J connectivity index is 2.00. The van der Waals surface area contributed by atoms with Crippen molar-refractivity contribution in [2.75, 3.05) is 6.61 Å². The monoisotopic (exact) mass is 450 g/mol. The Hall–Kier alpha value is -2.85. The number of aryl methyl sites for hydroxylation is 2. The van der Waals surface area contributed by atoms with Gasteiger partial charge in [0.05, 0.1) is 17.2 Å². The van der Waals surface area contributed by atoms with Crippen molar-refractivity contribution >= 4 is 41.7 Å². The number of hydrogen-bond donors (Lipinski definition) is 1. The van der Waals surface area contributed by atoms with Crippen molar-refractivity contribution in [2.24, 2.45) is 7.05 Å². The van der Waals surface area contributed by atoms with Crippen molar-refractivity contribution in [2.45, 2.75) is 31.6 Å². The lowest BCUT2D eigenvalue weighted by Crippen LogP contribution is -2.12. The first-order chi connectivity index (χ1) is 14.2. The molecule has 4 aromatic rings. The lowest BCUT2D eigenvalue weighted by Gasteiger charge is -2.05.